The van der Waals surface area contributed by atoms with Crippen molar-refractivity contribution in [3.63, 3.8) is 0 Å². The summed E-state index contributed by atoms with van der Waals surface area (Å²) < 4.78 is 13.4. The van der Waals surface area contributed by atoms with Crippen LogP contribution in [-0.4, -0.2) is 4.98 Å². The van der Waals surface area contributed by atoms with Gasteiger partial charge in [0.15, 0.2) is 0 Å². The zero-order valence-electron chi connectivity index (χ0n) is 10.4. The number of rotatable bonds is 2. The summed E-state index contributed by atoms with van der Waals surface area (Å²) in [5.74, 6) is 0.0923. The van der Waals surface area contributed by atoms with E-state index in [1.54, 1.807) is 6.20 Å². The number of benzene rings is 1. The molecule has 1 atom stereocenters. The maximum absolute atomic E-state index is 13.4. The fraction of sp³-hybridized carbons (Fsp3) is 0.214. The maximum atomic E-state index is 13.4. The van der Waals surface area contributed by atoms with Crippen molar-refractivity contribution in [3.05, 3.63) is 58.5 Å². The van der Waals surface area contributed by atoms with E-state index in [1.165, 1.54) is 12.1 Å². The quantitative estimate of drug-likeness (QED) is 0.854. The van der Waals surface area contributed by atoms with Gasteiger partial charge in [0.2, 0.25) is 0 Å². The highest BCUT2D eigenvalue weighted by Crippen LogP contribution is 2.25. The molecule has 2 rings (SSSR count). The molecule has 0 bridgehead atoms. The summed E-state index contributed by atoms with van der Waals surface area (Å²) in [5.41, 5.74) is 15.2. The molecule has 0 aliphatic rings. The number of pyridine rings is 1. The maximum Gasteiger partial charge on any atom is 0.128 e. The molecule has 0 radical (unpaired) electrons. The summed E-state index contributed by atoms with van der Waals surface area (Å²) in [6.07, 6.45) is 1.68. The Morgan fingerprint density at radius 1 is 1.11 bits per heavy atom. The molecule has 1 heterocycles. The highest BCUT2D eigenvalue weighted by Gasteiger charge is 2.14. The number of aryl methyl sites for hydroxylation is 2. The summed E-state index contributed by atoms with van der Waals surface area (Å²) in [7, 11) is 0. The van der Waals surface area contributed by atoms with Crippen LogP contribution in [0.2, 0.25) is 0 Å². The Morgan fingerprint density at radius 2 is 1.83 bits per heavy atom. The number of anilines is 1. The van der Waals surface area contributed by atoms with Gasteiger partial charge in [-0.05, 0) is 48.7 Å². The first-order valence-corrected chi connectivity index (χ1v) is 5.72. The first-order chi connectivity index (χ1) is 8.47. The van der Waals surface area contributed by atoms with Crippen molar-refractivity contribution >= 4 is 5.82 Å². The lowest BCUT2D eigenvalue weighted by Gasteiger charge is -2.15. The lowest BCUT2D eigenvalue weighted by Crippen LogP contribution is -2.15. The zero-order chi connectivity index (χ0) is 13.3. The minimum absolute atomic E-state index is 0.292. The van der Waals surface area contributed by atoms with Crippen LogP contribution < -0.4 is 11.5 Å². The molecule has 3 nitrogen and oxygen atoms in total. The smallest absolute Gasteiger partial charge is 0.128 e. The van der Waals surface area contributed by atoms with Crippen molar-refractivity contribution in [1.29, 1.82) is 0 Å². The summed E-state index contributed by atoms with van der Waals surface area (Å²) in [6.45, 7) is 3.75. The third-order valence-corrected chi connectivity index (χ3v) is 2.84. The summed E-state index contributed by atoms with van der Waals surface area (Å²) in [6, 6.07) is 6.17. The van der Waals surface area contributed by atoms with Gasteiger partial charge in [-0.2, -0.15) is 0 Å². The molecule has 0 amide bonds. The second-order valence-electron chi connectivity index (χ2n) is 4.53. The largest absolute Gasteiger partial charge is 0.383 e. The highest BCUT2D eigenvalue weighted by molar-refractivity contribution is 5.47. The molecule has 94 valence electrons. The first kappa shape index (κ1) is 12.5. The molecular weight excluding hydrogens is 229 g/mol. The Balaban J connectivity index is 2.47. The number of aromatic nitrogens is 1. The Kier molecular flexibility index (Phi) is 3.30. The van der Waals surface area contributed by atoms with Crippen LogP contribution in [0.3, 0.4) is 0 Å². The van der Waals surface area contributed by atoms with Gasteiger partial charge in [-0.25, -0.2) is 9.37 Å². The van der Waals surface area contributed by atoms with Gasteiger partial charge < -0.3 is 11.5 Å². The van der Waals surface area contributed by atoms with Crippen LogP contribution in [0, 0.1) is 19.7 Å². The Hall–Kier alpha value is -1.94. The van der Waals surface area contributed by atoms with Crippen molar-refractivity contribution in [1.82, 2.24) is 4.98 Å². The third kappa shape index (κ3) is 2.49. The van der Waals surface area contributed by atoms with E-state index in [1.807, 2.05) is 26.0 Å². The average molecular weight is 245 g/mol. The molecule has 1 unspecified atom stereocenters. The van der Waals surface area contributed by atoms with E-state index >= 15 is 0 Å². The van der Waals surface area contributed by atoms with E-state index < -0.39 is 6.04 Å². The Morgan fingerprint density at radius 3 is 2.50 bits per heavy atom. The van der Waals surface area contributed by atoms with Crippen LogP contribution in [0.15, 0.2) is 30.5 Å². The number of nitrogen functional groups attached to an aromatic ring is 1. The molecule has 1 aromatic carbocycles. The normalized spacial score (nSPS) is 12.4. The van der Waals surface area contributed by atoms with Gasteiger partial charge in [-0.3, -0.25) is 0 Å². The van der Waals surface area contributed by atoms with Gasteiger partial charge in [-0.15, -0.1) is 0 Å². The molecular formula is C14H16FN3. The standard InChI is InChI=1S/C14H16FN3/c1-8-3-10(6-11(15)4-8)13(16)12-5-9(2)7-18-14(12)17/h3-7,13H,16H2,1-2H3,(H2,17,18). The van der Waals surface area contributed by atoms with E-state index in [0.29, 0.717) is 11.4 Å². The summed E-state index contributed by atoms with van der Waals surface area (Å²) >= 11 is 0. The fourth-order valence-corrected chi connectivity index (χ4v) is 1.98. The van der Waals surface area contributed by atoms with Crippen LogP contribution in [0.4, 0.5) is 10.2 Å². The summed E-state index contributed by atoms with van der Waals surface area (Å²) in [4.78, 5) is 4.07. The molecule has 4 heteroatoms. The fourth-order valence-electron chi connectivity index (χ4n) is 1.98. The highest BCUT2D eigenvalue weighted by atomic mass is 19.1. The Bertz CT molecular complexity index is 561. The monoisotopic (exact) mass is 245 g/mol. The van der Waals surface area contributed by atoms with Crippen LogP contribution in [0.25, 0.3) is 0 Å². The van der Waals surface area contributed by atoms with Gasteiger partial charge in [0.25, 0.3) is 0 Å². The van der Waals surface area contributed by atoms with E-state index in [2.05, 4.69) is 4.98 Å². The predicted molar refractivity (Wildman–Crippen MR) is 70.6 cm³/mol. The van der Waals surface area contributed by atoms with Gasteiger partial charge in [0.05, 0.1) is 6.04 Å². The molecule has 0 aliphatic carbocycles. The number of hydrogen-bond donors (Lipinski definition) is 2. The van der Waals surface area contributed by atoms with E-state index in [9.17, 15) is 4.39 Å². The predicted octanol–water partition coefficient (Wildman–Crippen LogP) is 2.47. The lowest BCUT2D eigenvalue weighted by atomic mass is 9.97. The molecule has 0 saturated carbocycles. The van der Waals surface area contributed by atoms with E-state index in [-0.39, 0.29) is 5.82 Å². The second kappa shape index (κ2) is 4.74. The van der Waals surface area contributed by atoms with Gasteiger partial charge in [0, 0.05) is 11.8 Å². The molecule has 0 saturated heterocycles. The third-order valence-electron chi connectivity index (χ3n) is 2.84. The molecule has 18 heavy (non-hydrogen) atoms. The van der Waals surface area contributed by atoms with Crippen LogP contribution >= 0.6 is 0 Å². The van der Waals surface area contributed by atoms with Gasteiger partial charge >= 0.3 is 0 Å². The van der Waals surface area contributed by atoms with Crippen molar-refractivity contribution in [2.24, 2.45) is 5.73 Å². The summed E-state index contributed by atoms with van der Waals surface area (Å²) in [5, 5.41) is 0. The average Bonchev–Trinajstić information content (AvgIpc) is 2.30. The molecule has 4 N–H and O–H groups in total. The van der Waals surface area contributed by atoms with Crippen molar-refractivity contribution in [3.8, 4) is 0 Å². The molecule has 0 spiro atoms. The van der Waals surface area contributed by atoms with E-state index in [0.717, 1.165) is 16.7 Å². The van der Waals surface area contributed by atoms with Gasteiger partial charge in [0.1, 0.15) is 11.6 Å². The van der Waals surface area contributed by atoms with Crippen molar-refractivity contribution < 1.29 is 4.39 Å². The van der Waals surface area contributed by atoms with E-state index in [4.69, 9.17) is 11.5 Å². The molecule has 2 aromatic rings. The molecule has 0 aliphatic heterocycles. The Labute approximate surface area is 106 Å². The van der Waals surface area contributed by atoms with Crippen LogP contribution in [-0.2, 0) is 0 Å². The molecule has 1 aromatic heterocycles. The topological polar surface area (TPSA) is 64.9 Å². The second-order valence-corrected chi connectivity index (χ2v) is 4.53. The number of nitrogens with zero attached hydrogens (tertiary/aromatic N) is 1. The lowest BCUT2D eigenvalue weighted by molar-refractivity contribution is 0.622. The minimum atomic E-state index is -0.466. The number of halogens is 1. The first-order valence-electron chi connectivity index (χ1n) is 5.72. The SMILES string of the molecule is Cc1cc(F)cc(C(N)c2cc(C)cnc2N)c1. The number of nitrogens with two attached hydrogens (primary N) is 2. The zero-order valence-corrected chi connectivity index (χ0v) is 10.4. The molecule has 0 fully saturated rings. The van der Waals surface area contributed by atoms with Crippen LogP contribution in [0.5, 0.6) is 0 Å². The van der Waals surface area contributed by atoms with Crippen LogP contribution in [0.1, 0.15) is 28.3 Å². The minimum Gasteiger partial charge on any atom is -0.383 e. The van der Waals surface area contributed by atoms with Crippen molar-refractivity contribution in [2.75, 3.05) is 5.73 Å². The van der Waals surface area contributed by atoms with Crippen molar-refractivity contribution in [2.45, 2.75) is 19.9 Å². The van der Waals surface area contributed by atoms with Gasteiger partial charge in [-0.1, -0.05) is 6.07 Å². The number of hydrogen-bond acceptors (Lipinski definition) is 3.